The Kier molecular flexibility index (Phi) is 3.89. The number of benzene rings is 2. The van der Waals surface area contributed by atoms with Crippen molar-refractivity contribution in [3.05, 3.63) is 64.7 Å². The lowest BCUT2D eigenvalue weighted by Gasteiger charge is -2.09. The van der Waals surface area contributed by atoms with Gasteiger partial charge < -0.3 is 5.32 Å². The normalized spacial score (nSPS) is 10.2. The van der Waals surface area contributed by atoms with Crippen molar-refractivity contribution < 1.29 is 17.6 Å². The van der Waals surface area contributed by atoms with Gasteiger partial charge in [0.2, 0.25) is 0 Å². The Morgan fingerprint density at radius 1 is 0.900 bits per heavy atom. The zero-order valence-corrected chi connectivity index (χ0v) is 10.1. The zero-order valence-electron chi connectivity index (χ0n) is 10.1. The average Bonchev–Trinajstić information content (AvgIpc) is 2.43. The van der Waals surface area contributed by atoms with Gasteiger partial charge in [0.15, 0.2) is 11.6 Å². The summed E-state index contributed by atoms with van der Waals surface area (Å²) in [5.41, 5.74) is 0.0767. The minimum Gasteiger partial charge on any atom is -0.378 e. The monoisotopic (exact) mass is 280 g/mol. The van der Waals surface area contributed by atoms with E-state index < -0.39 is 23.3 Å². The van der Waals surface area contributed by atoms with Gasteiger partial charge in [-0.05, 0) is 18.2 Å². The summed E-state index contributed by atoms with van der Waals surface area (Å²) in [4.78, 5) is 0. The van der Waals surface area contributed by atoms with Crippen molar-refractivity contribution in [2.24, 2.45) is 0 Å². The summed E-state index contributed by atoms with van der Waals surface area (Å²) >= 11 is 0. The highest BCUT2D eigenvalue weighted by atomic mass is 19.2. The van der Waals surface area contributed by atoms with E-state index in [2.05, 4.69) is 5.32 Å². The molecule has 0 fully saturated rings. The van der Waals surface area contributed by atoms with Crippen molar-refractivity contribution in [3.63, 3.8) is 0 Å². The SMILES string of the molecule is N#Cc1ccc(F)c(CNc2cc(F)c(F)cc2F)c1. The first-order chi connectivity index (χ1) is 9.51. The molecule has 0 aliphatic carbocycles. The highest BCUT2D eigenvalue weighted by molar-refractivity contribution is 5.46. The molecule has 0 amide bonds. The van der Waals surface area contributed by atoms with Crippen LogP contribution in [0.2, 0.25) is 0 Å². The molecule has 2 nitrogen and oxygen atoms in total. The van der Waals surface area contributed by atoms with E-state index in [1.165, 1.54) is 12.1 Å². The third-order valence-electron chi connectivity index (χ3n) is 2.65. The molecule has 0 heterocycles. The number of rotatable bonds is 3. The largest absolute Gasteiger partial charge is 0.378 e. The van der Waals surface area contributed by atoms with Crippen molar-refractivity contribution in [2.45, 2.75) is 6.54 Å². The molecular weight excluding hydrogens is 272 g/mol. The average molecular weight is 280 g/mol. The van der Waals surface area contributed by atoms with Crippen LogP contribution in [0.1, 0.15) is 11.1 Å². The molecule has 0 radical (unpaired) electrons. The van der Waals surface area contributed by atoms with E-state index in [1.54, 1.807) is 0 Å². The van der Waals surface area contributed by atoms with Crippen LogP contribution >= 0.6 is 0 Å². The fraction of sp³-hybridized carbons (Fsp3) is 0.0714. The maximum atomic E-state index is 13.5. The maximum Gasteiger partial charge on any atom is 0.161 e. The van der Waals surface area contributed by atoms with Crippen LogP contribution in [0.5, 0.6) is 0 Å². The lowest BCUT2D eigenvalue weighted by atomic mass is 10.1. The molecule has 6 heteroatoms. The second kappa shape index (κ2) is 5.61. The molecule has 0 aliphatic heterocycles. The van der Waals surface area contributed by atoms with Crippen molar-refractivity contribution in [3.8, 4) is 6.07 Å². The van der Waals surface area contributed by atoms with E-state index in [1.807, 2.05) is 6.07 Å². The lowest BCUT2D eigenvalue weighted by Crippen LogP contribution is -2.05. The fourth-order valence-electron chi connectivity index (χ4n) is 1.63. The Hall–Kier alpha value is -2.55. The number of nitriles is 1. The van der Waals surface area contributed by atoms with Gasteiger partial charge in [0, 0.05) is 24.2 Å². The first kappa shape index (κ1) is 13.9. The summed E-state index contributed by atoms with van der Waals surface area (Å²) in [7, 11) is 0. The van der Waals surface area contributed by atoms with Crippen molar-refractivity contribution in [1.82, 2.24) is 0 Å². The molecule has 0 bridgehead atoms. The summed E-state index contributed by atoms with van der Waals surface area (Å²) in [6.45, 7) is -0.163. The van der Waals surface area contributed by atoms with Crippen molar-refractivity contribution in [2.75, 3.05) is 5.32 Å². The quantitative estimate of drug-likeness (QED) is 0.687. The topological polar surface area (TPSA) is 35.8 Å². The zero-order chi connectivity index (χ0) is 14.7. The Bertz CT molecular complexity index is 692. The van der Waals surface area contributed by atoms with Gasteiger partial charge in [-0.2, -0.15) is 5.26 Å². The first-order valence-electron chi connectivity index (χ1n) is 5.58. The van der Waals surface area contributed by atoms with Gasteiger partial charge in [-0.25, -0.2) is 17.6 Å². The molecule has 0 unspecified atom stereocenters. The number of nitrogens with zero attached hydrogens (tertiary/aromatic N) is 1. The predicted octanol–water partition coefficient (Wildman–Crippen LogP) is 3.73. The molecule has 1 N–H and O–H groups in total. The van der Waals surface area contributed by atoms with Crippen LogP contribution in [0, 0.1) is 34.6 Å². The predicted molar refractivity (Wildman–Crippen MR) is 64.8 cm³/mol. The summed E-state index contributed by atoms with van der Waals surface area (Å²) in [6.07, 6.45) is 0. The minimum absolute atomic E-state index is 0.119. The smallest absolute Gasteiger partial charge is 0.161 e. The van der Waals surface area contributed by atoms with Gasteiger partial charge in [-0.3, -0.25) is 0 Å². The number of halogens is 4. The Morgan fingerprint density at radius 2 is 1.60 bits per heavy atom. The molecule has 20 heavy (non-hydrogen) atoms. The van der Waals surface area contributed by atoms with Gasteiger partial charge in [0.1, 0.15) is 11.6 Å². The van der Waals surface area contributed by atoms with Crippen LogP contribution in [-0.4, -0.2) is 0 Å². The van der Waals surface area contributed by atoms with E-state index in [-0.39, 0.29) is 23.4 Å². The molecule has 2 aromatic carbocycles. The van der Waals surface area contributed by atoms with E-state index in [9.17, 15) is 17.6 Å². The molecule has 2 rings (SSSR count). The highest BCUT2D eigenvalue weighted by Gasteiger charge is 2.10. The molecule has 0 aliphatic rings. The van der Waals surface area contributed by atoms with Crippen molar-refractivity contribution in [1.29, 1.82) is 5.26 Å². The minimum atomic E-state index is -1.30. The number of hydrogen-bond acceptors (Lipinski definition) is 2. The van der Waals surface area contributed by atoms with Crippen LogP contribution in [0.4, 0.5) is 23.2 Å². The molecule has 102 valence electrons. The lowest BCUT2D eigenvalue weighted by molar-refractivity contribution is 0.496. The second-order valence-corrected chi connectivity index (χ2v) is 4.02. The Balaban J connectivity index is 2.21. The Morgan fingerprint density at radius 3 is 2.30 bits per heavy atom. The number of anilines is 1. The molecule has 2 aromatic rings. The summed E-state index contributed by atoms with van der Waals surface area (Å²) in [6, 6.07) is 6.60. The fourth-order valence-corrected chi connectivity index (χ4v) is 1.63. The molecule has 0 atom stereocenters. The van der Waals surface area contributed by atoms with Crippen LogP contribution in [0.15, 0.2) is 30.3 Å². The molecule has 0 saturated carbocycles. The van der Waals surface area contributed by atoms with Crippen LogP contribution in [0.25, 0.3) is 0 Å². The van der Waals surface area contributed by atoms with Gasteiger partial charge in [-0.15, -0.1) is 0 Å². The second-order valence-electron chi connectivity index (χ2n) is 4.02. The van der Waals surface area contributed by atoms with Gasteiger partial charge in [-0.1, -0.05) is 0 Å². The van der Waals surface area contributed by atoms with E-state index >= 15 is 0 Å². The van der Waals surface area contributed by atoms with Crippen LogP contribution < -0.4 is 5.32 Å². The van der Waals surface area contributed by atoms with Gasteiger partial charge >= 0.3 is 0 Å². The van der Waals surface area contributed by atoms with E-state index in [0.29, 0.717) is 12.1 Å². The summed E-state index contributed by atoms with van der Waals surface area (Å²) in [5, 5.41) is 11.2. The molecule has 0 saturated heterocycles. The molecule has 0 spiro atoms. The number of nitrogens with one attached hydrogen (secondary N) is 1. The van der Waals surface area contributed by atoms with Crippen molar-refractivity contribution >= 4 is 5.69 Å². The molecular formula is C14H8F4N2. The van der Waals surface area contributed by atoms with Gasteiger partial charge in [0.05, 0.1) is 17.3 Å². The first-order valence-corrected chi connectivity index (χ1v) is 5.58. The molecule has 0 aromatic heterocycles. The standard InChI is InChI=1S/C14H8F4N2/c15-10-2-1-8(6-19)3-9(10)7-20-14-5-12(17)11(16)4-13(14)18/h1-5,20H,7H2. The Labute approximate surface area is 112 Å². The van der Waals surface area contributed by atoms with Crippen LogP contribution in [0.3, 0.4) is 0 Å². The summed E-state index contributed by atoms with van der Waals surface area (Å²) < 4.78 is 52.6. The third kappa shape index (κ3) is 2.88. The maximum absolute atomic E-state index is 13.5. The third-order valence-corrected chi connectivity index (χ3v) is 2.65. The highest BCUT2D eigenvalue weighted by Crippen LogP contribution is 2.20. The number of hydrogen-bond donors (Lipinski definition) is 1. The van der Waals surface area contributed by atoms with E-state index in [0.717, 1.165) is 6.07 Å². The van der Waals surface area contributed by atoms with Crippen LogP contribution in [-0.2, 0) is 6.54 Å². The summed E-state index contributed by atoms with van der Waals surface area (Å²) in [5.74, 6) is -4.08. The van der Waals surface area contributed by atoms with Gasteiger partial charge in [0.25, 0.3) is 0 Å². The van der Waals surface area contributed by atoms with E-state index in [4.69, 9.17) is 5.26 Å².